The first-order chi connectivity index (χ1) is 14.1. The number of nitrogens with one attached hydrogen (secondary N) is 1. The minimum absolute atomic E-state index is 0. The molecule has 7 nitrogen and oxygen atoms in total. The number of pyridine rings is 2. The lowest BCUT2D eigenvalue weighted by atomic mass is 9.96. The standard InChI is InChI=1S/C22H22N4O3.BrH/c1-12-9-23-22(28-3)13(2)19(12)14-4-5-16-18(8-14)25-21(27)17-10-24-26(20(16)17)15-6-7-29-11-15;/h4-5,8-10,15H,6-7,11H2,1-3H3,(H,25,27);1H. The van der Waals surface area contributed by atoms with E-state index in [2.05, 4.69) is 27.2 Å². The number of halogens is 1. The van der Waals surface area contributed by atoms with Gasteiger partial charge in [0.25, 0.3) is 5.56 Å². The van der Waals surface area contributed by atoms with Crippen molar-refractivity contribution in [3.8, 4) is 17.0 Å². The summed E-state index contributed by atoms with van der Waals surface area (Å²) in [4.78, 5) is 20.1. The molecule has 4 aromatic rings. The van der Waals surface area contributed by atoms with Gasteiger partial charge >= 0.3 is 0 Å². The first-order valence-electron chi connectivity index (χ1n) is 9.70. The van der Waals surface area contributed by atoms with Crippen LogP contribution in [0.4, 0.5) is 0 Å². The molecule has 8 heteroatoms. The van der Waals surface area contributed by atoms with E-state index in [0.717, 1.165) is 51.7 Å². The molecule has 5 rings (SSSR count). The Morgan fingerprint density at radius 1 is 1.23 bits per heavy atom. The molecule has 1 atom stereocenters. The second-order valence-corrected chi connectivity index (χ2v) is 7.53. The van der Waals surface area contributed by atoms with Crippen LogP contribution in [-0.4, -0.2) is 40.1 Å². The number of hydrogen-bond donors (Lipinski definition) is 1. The number of aromatic amines is 1. The van der Waals surface area contributed by atoms with Crippen molar-refractivity contribution in [1.29, 1.82) is 0 Å². The molecule has 3 aromatic heterocycles. The highest BCUT2D eigenvalue weighted by Crippen LogP contribution is 2.34. The topological polar surface area (TPSA) is 82.0 Å². The maximum atomic E-state index is 12.7. The largest absolute Gasteiger partial charge is 0.481 e. The molecule has 0 radical (unpaired) electrons. The molecular weight excluding hydrogens is 448 g/mol. The van der Waals surface area contributed by atoms with Gasteiger partial charge in [0.05, 0.1) is 42.4 Å². The Bertz CT molecular complexity index is 1310. The minimum atomic E-state index is -0.129. The molecule has 1 N–H and O–H groups in total. The third-order valence-corrected chi connectivity index (χ3v) is 5.76. The van der Waals surface area contributed by atoms with Gasteiger partial charge in [0.15, 0.2) is 0 Å². The molecule has 0 saturated carbocycles. The van der Waals surface area contributed by atoms with E-state index >= 15 is 0 Å². The Kier molecular flexibility index (Phi) is 5.38. The molecule has 1 aromatic carbocycles. The number of rotatable bonds is 3. The number of nitrogens with zero attached hydrogens (tertiary/aromatic N) is 3. The van der Waals surface area contributed by atoms with E-state index < -0.39 is 0 Å². The normalized spacial score (nSPS) is 16.2. The Balaban J connectivity index is 0.00000218. The molecule has 0 aliphatic carbocycles. The maximum Gasteiger partial charge on any atom is 0.259 e. The van der Waals surface area contributed by atoms with E-state index in [1.54, 1.807) is 13.3 Å². The molecule has 1 aliphatic rings. The predicted molar refractivity (Wildman–Crippen MR) is 122 cm³/mol. The summed E-state index contributed by atoms with van der Waals surface area (Å²) in [5, 5.41) is 6.09. The van der Waals surface area contributed by atoms with Gasteiger partial charge in [0, 0.05) is 23.8 Å². The fourth-order valence-electron chi connectivity index (χ4n) is 4.36. The highest BCUT2D eigenvalue weighted by Gasteiger charge is 2.22. The highest BCUT2D eigenvalue weighted by atomic mass is 79.9. The molecule has 1 saturated heterocycles. The van der Waals surface area contributed by atoms with Gasteiger partial charge in [0.1, 0.15) is 0 Å². The first-order valence-corrected chi connectivity index (χ1v) is 9.70. The minimum Gasteiger partial charge on any atom is -0.481 e. The van der Waals surface area contributed by atoms with E-state index in [4.69, 9.17) is 9.47 Å². The van der Waals surface area contributed by atoms with Gasteiger partial charge < -0.3 is 14.5 Å². The number of H-pyrrole nitrogens is 1. The SMILES string of the molecule is Br.COc1ncc(C)c(-c2ccc3c(c2)[nH]c(=O)c2cnn(C4CCOC4)c23)c1C. The quantitative estimate of drug-likeness (QED) is 0.487. The van der Waals surface area contributed by atoms with Crippen LogP contribution in [-0.2, 0) is 4.74 Å². The summed E-state index contributed by atoms with van der Waals surface area (Å²) in [5.74, 6) is 0.606. The molecule has 0 amide bonds. The number of ether oxygens (including phenoxy) is 2. The van der Waals surface area contributed by atoms with Crippen molar-refractivity contribution in [3.05, 3.63) is 52.1 Å². The van der Waals surface area contributed by atoms with Crippen LogP contribution in [0.25, 0.3) is 32.9 Å². The second-order valence-electron chi connectivity index (χ2n) is 7.53. The molecular formula is C22H23BrN4O3. The molecule has 1 fully saturated rings. The molecule has 156 valence electrons. The summed E-state index contributed by atoms with van der Waals surface area (Å²) in [6, 6.07) is 6.32. The van der Waals surface area contributed by atoms with Crippen LogP contribution in [0.2, 0.25) is 0 Å². The smallest absolute Gasteiger partial charge is 0.259 e. The van der Waals surface area contributed by atoms with Gasteiger partial charge in [0.2, 0.25) is 5.88 Å². The van der Waals surface area contributed by atoms with E-state index in [9.17, 15) is 4.79 Å². The number of methoxy groups -OCH3 is 1. The third kappa shape index (κ3) is 3.11. The lowest BCUT2D eigenvalue weighted by Gasteiger charge is -2.14. The lowest BCUT2D eigenvalue weighted by molar-refractivity contribution is 0.185. The monoisotopic (exact) mass is 470 g/mol. The van der Waals surface area contributed by atoms with E-state index in [1.807, 2.05) is 30.8 Å². The average Bonchev–Trinajstić information content (AvgIpc) is 3.38. The molecule has 4 heterocycles. The van der Waals surface area contributed by atoms with Crippen molar-refractivity contribution in [3.63, 3.8) is 0 Å². The number of benzene rings is 1. The van der Waals surface area contributed by atoms with Crippen molar-refractivity contribution in [2.24, 2.45) is 0 Å². The third-order valence-electron chi connectivity index (χ3n) is 5.76. The van der Waals surface area contributed by atoms with Crippen LogP contribution in [0.15, 0.2) is 35.4 Å². The zero-order valence-electron chi connectivity index (χ0n) is 17.1. The van der Waals surface area contributed by atoms with Gasteiger partial charge in [-0.2, -0.15) is 5.10 Å². The van der Waals surface area contributed by atoms with E-state index in [-0.39, 0.29) is 28.6 Å². The molecule has 1 unspecified atom stereocenters. The van der Waals surface area contributed by atoms with Crippen molar-refractivity contribution < 1.29 is 9.47 Å². The molecule has 1 aliphatic heterocycles. The number of fused-ring (bicyclic) bond motifs is 3. The summed E-state index contributed by atoms with van der Waals surface area (Å²) in [6.45, 7) is 5.37. The Morgan fingerprint density at radius 3 is 2.80 bits per heavy atom. The van der Waals surface area contributed by atoms with E-state index in [0.29, 0.717) is 17.9 Å². The summed E-state index contributed by atoms with van der Waals surface area (Å²) in [6.07, 6.45) is 4.37. The van der Waals surface area contributed by atoms with Crippen LogP contribution in [0.3, 0.4) is 0 Å². The average molecular weight is 471 g/mol. The Labute approximate surface area is 183 Å². The Morgan fingerprint density at radius 2 is 2.07 bits per heavy atom. The van der Waals surface area contributed by atoms with Crippen LogP contribution >= 0.6 is 17.0 Å². The first kappa shape index (κ1) is 20.6. The number of aryl methyl sites for hydroxylation is 1. The summed E-state index contributed by atoms with van der Waals surface area (Å²) < 4.78 is 12.9. The second kappa shape index (κ2) is 7.85. The molecule has 0 spiro atoms. The van der Waals surface area contributed by atoms with Gasteiger partial charge in [-0.3, -0.25) is 9.48 Å². The van der Waals surface area contributed by atoms with Crippen molar-refractivity contribution in [1.82, 2.24) is 19.7 Å². The fraction of sp³-hybridized carbons (Fsp3) is 0.318. The zero-order valence-corrected chi connectivity index (χ0v) is 18.8. The summed E-state index contributed by atoms with van der Waals surface area (Å²) in [5.41, 5.74) is 5.64. The highest BCUT2D eigenvalue weighted by molar-refractivity contribution is 8.93. The van der Waals surface area contributed by atoms with Crippen LogP contribution < -0.4 is 10.3 Å². The van der Waals surface area contributed by atoms with Gasteiger partial charge in [-0.05, 0) is 43.0 Å². The van der Waals surface area contributed by atoms with Gasteiger partial charge in [-0.25, -0.2) is 4.98 Å². The molecule has 30 heavy (non-hydrogen) atoms. The lowest BCUT2D eigenvalue weighted by Crippen LogP contribution is -2.12. The maximum absolute atomic E-state index is 12.7. The fourth-order valence-corrected chi connectivity index (χ4v) is 4.36. The molecule has 0 bridgehead atoms. The van der Waals surface area contributed by atoms with Crippen LogP contribution in [0, 0.1) is 13.8 Å². The van der Waals surface area contributed by atoms with Gasteiger partial charge in [-0.1, -0.05) is 12.1 Å². The Hall–Kier alpha value is -2.71. The predicted octanol–water partition coefficient (Wildman–Crippen LogP) is 4.10. The van der Waals surface area contributed by atoms with Gasteiger partial charge in [-0.15, -0.1) is 17.0 Å². The number of aromatic nitrogens is 4. The summed E-state index contributed by atoms with van der Waals surface area (Å²) >= 11 is 0. The van der Waals surface area contributed by atoms with E-state index in [1.165, 1.54) is 0 Å². The van der Waals surface area contributed by atoms with Crippen molar-refractivity contribution in [2.45, 2.75) is 26.3 Å². The zero-order chi connectivity index (χ0) is 20.1. The number of hydrogen-bond acceptors (Lipinski definition) is 5. The van der Waals surface area contributed by atoms with Crippen LogP contribution in [0.1, 0.15) is 23.6 Å². The van der Waals surface area contributed by atoms with Crippen molar-refractivity contribution in [2.75, 3.05) is 20.3 Å². The van der Waals surface area contributed by atoms with Crippen molar-refractivity contribution >= 4 is 38.8 Å². The summed E-state index contributed by atoms with van der Waals surface area (Å²) in [7, 11) is 1.62. The van der Waals surface area contributed by atoms with Crippen LogP contribution in [0.5, 0.6) is 5.88 Å².